The molecular weight excluding hydrogens is 506 g/mol. The van der Waals surface area contributed by atoms with Gasteiger partial charge in [0, 0.05) is 6.54 Å². The molecule has 0 aliphatic heterocycles. The number of para-hydroxylation sites is 2. The molecule has 0 heterocycles. The highest BCUT2D eigenvalue weighted by atomic mass is 16.5. The van der Waals surface area contributed by atoms with E-state index in [1.54, 1.807) is 11.1 Å². The largest absolute Gasteiger partial charge is 0.481 e. The van der Waals surface area contributed by atoms with Gasteiger partial charge in [0.05, 0.1) is 13.5 Å². The highest BCUT2D eigenvalue weighted by Crippen LogP contribution is 2.24. The fourth-order valence-corrected chi connectivity index (χ4v) is 4.13. The number of aliphatic carboxylic acids is 1. The summed E-state index contributed by atoms with van der Waals surface area (Å²) in [5, 5.41) is 9.51. The van der Waals surface area contributed by atoms with Gasteiger partial charge in [0.1, 0.15) is 29.0 Å². The number of carboxylic acids is 1. The summed E-state index contributed by atoms with van der Waals surface area (Å²) in [4.78, 5) is 26.0. The molecule has 1 atom stereocenters. The van der Waals surface area contributed by atoms with Crippen molar-refractivity contribution in [3.8, 4) is 23.0 Å². The SMILES string of the molecule is COC(=O)[C@H](CC(=O)O)N(/C=C/Cc1cccc(Oc2ccccc2)c1)Cc1cccc(Oc2ccccc2)c1. The number of hydrogen-bond acceptors (Lipinski definition) is 6. The van der Waals surface area contributed by atoms with Gasteiger partial charge in [-0.05, 0) is 72.3 Å². The van der Waals surface area contributed by atoms with Crippen molar-refractivity contribution in [3.05, 3.63) is 133 Å². The minimum Gasteiger partial charge on any atom is -0.481 e. The number of carboxylic acid groups (broad SMARTS) is 1. The molecule has 0 aromatic heterocycles. The van der Waals surface area contributed by atoms with Crippen molar-refractivity contribution in [1.29, 1.82) is 0 Å². The zero-order valence-corrected chi connectivity index (χ0v) is 22.2. The third-order valence-electron chi connectivity index (χ3n) is 6.01. The summed E-state index contributed by atoms with van der Waals surface area (Å²) in [7, 11) is 1.26. The Morgan fingerprint density at radius 1 is 0.750 bits per heavy atom. The van der Waals surface area contributed by atoms with E-state index in [-0.39, 0.29) is 6.54 Å². The first kappa shape index (κ1) is 28.0. The van der Waals surface area contributed by atoms with Crippen LogP contribution in [0.2, 0.25) is 0 Å². The maximum absolute atomic E-state index is 12.6. The van der Waals surface area contributed by atoms with Gasteiger partial charge in [-0.2, -0.15) is 0 Å². The molecule has 0 bridgehead atoms. The van der Waals surface area contributed by atoms with Gasteiger partial charge < -0.3 is 24.2 Å². The van der Waals surface area contributed by atoms with Gasteiger partial charge in [-0.1, -0.05) is 66.7 Å². The number of methoxy groups -OCH3 is 1. The lowest BCUT2D eigenvalue weighted by Crippen LogP contribution is -2.40. The Bertz CT molecular complexity index is 1420. The van der Waals surface area contributed by atoms with Crippen molar-refractivity contribution in [2.75, 3.05) is 7.11 Å². The number of ether oxygens (including phenoxy) is 3. The molecule has 0 saturated carbocycles. The highest BCUT2D eigenvalue weighted by molar-refractivity contribution is 5.82. The molecule has 0 aliphatic carbocycles. The monoisotopic (exact) mass is 537 g/mol. The van der Waals surface area contributed by atoms with E-state index >= 15 is 0 Å². The van der Waals surface area contributed by atoms with E-state index in [0.717, 1.165) is 16.9 Å². The Kier molecular flexibility index (Phi) is 9.94. The standard InChI is InChI=1S/C33H31NO6/c1-38-33(37)31(23-32(35)36)34(24-26-12-9-19-30(22-26)40-28-16-6-3-7-17-28)20-10-13-25-11-8-18-29(21-25)39-27-14-4-2-5-15-27/h2-12,14-22,31H,13,23-24H2,1H3,(H,35,36)/b20-10+/t31-/m0/s1. The quantitative estimate of drug-likeness (QED) is 0.187. The number of nitrogens with zero attached hydrogens (tertiary/aromatic N) is 1. The average Bonchev–Trinajstić information content (AvgIpc) is 2.96. The molecule has 0 radical (unpaired) electrons. The van der Waals surface area contributed by atoms with Gasteiger partial charge >= 0.3 is 11.9 Å². The van der Waals surface area contributed by atoms with Crippen molar-refractivity contribution in [2.45, 2.75) is 25.4 Å². The minimum atomic E-state index is -1.10. The van der Waals surface area contributed by atoms with Crippen LogP contribution in [0.15, 0.2) is 121 Å². The second-order valence-electron chi connectivity index (χ2n) is 9.02. The first-order chi connectivity index (χ1) is 19.5. The molecule has 7 heteroatoms. The number of benzene rings is 4. The molecule has 0 saturated heterocycles. The number of esters is 1. The van der Waals surface area contributed by atoms with Crippen LogP contribution in [0.1, 0.15) is 17.5 Å². The number of rotatable bonds is 13. The van der Waals surface area contributed by atoms with Crippen molar-refractivity contribution in [3.63, 3.8) is 0 Å². The number of hydrogen-bond donors (Lipinski definition) is 1. The van der Waals surface area contributed by atoms with Gasteiger partial charge in [0.15, 0.2) is 0 Å². The van der Waals surface area contributed by atoms with Gasteiger partial charge in [0.2, 0.25) is 0 Å². The van der Waals surface area contributed by atoms with Crippen LogP contribution in [0.4, 0.5) is 0 Å². The molecule has 204 valence electrons. The van der Waals surface area contributed by atoms with Crippen LogP contribution in [0.25, 0.3) is 0 Å². The van der Waals surface area contributed by atoms with E-state index in [0.29, 0.717) is 23.7 Å². The van der Waals surface area contributed by atoms with Crippen molar-refractivity contribution < 1.29 is 28.9 Å². The molecule has 0 unspecified atom stereocenters. The second kappa shape index (κ2) is 14.2. The van der Waals surface area contributed by atoms with Crippen molar-refractivity contribution in [2.24, 2.45) is 0 Å². The first-order valence-electron chi connectivity index (χ1n) is 12.9. The summed E-state index contributed by atoms with van der Waals surface area (Å²) in [5.74, 6) is 1.07. The van der Waals surface area contributed by atoms with Crippen LogP contribution in [0.5, 0.6) is 23.0 Å². The molecule has 4 rings (SSSR count). The van der Waals surface area contributed by atoms with Gasteiger partial charge in [0.25, 0.3) is 0 Å². The van der Waals surface area contributed by atoms with E-state index in [9.17, 15) is 14.7 Å². The maximum Gasteiger partial charge on any atom is 0.329 e. The smallest absolute Gasteiger partial charge is 0.329 e. The summed E-state index contributed by atoms with van der Waals surface area (Å²) in [5.41, 5.74) is 1.84. The Balaban J connectivity index is 1.52. The number of carbonyl (C=O) groups is 2. The lowest BCUT2D eigenvalue weighted by molar-refractivity contribution is -0.151. The highest BCUT2D eigenvalue weighted by Gasteiger charge is 2.27. The summed E-state index contributed by atoms with van der Waals surface area (Å²) >= 11 is 0. The average molecular weight is 538 g/mol. The van der Waals surface area contributed by atoms with Crippen LogP contribution < -0.4 is 9.47 Å². The van der Waals surface area contributed by atoms with Crippen molar-refractivity contribution >= 4 is 11.9 Å². The number of allylic oxidation sites excluding steroid dienone is 1. The topological polar surface area (TPSA) is 85.3 Å². The third kappa shape index (κ3) is 8.49. The normalized spacial score (nSPS) is 11.5. The van der Waals surface area contributed by atoms with Gasteiger partial charge in [-0.25, -0.2) is 4.79 Å². The molecule has 0 amide bonds. The van der Waals surface area contributed by atoms with Crippen LogP contribution >= 0.6 is 0 Å². The zero-order valence-electron chi connectivity index (χ0n) is 22.2. The fourth-order valence-electron chi connectivity index (χ4n) is 4.13. The third-order valence-corrected chi connectivity index (χ3v) is 6.01. The molecule has 1 N–H and O–H groups in total. The van der Waals surface area contributed by atoms with Gasteiger partial charge in [-0.15, -0.1) is 0 Å². The van der Waals surface area contributed by atoms with Crippen LogP contribution in [0.3, 0.4) is 0 Å². The Morgan fingerprint density at radius 3 is 1.82 bits per heavy atom. The molecule has 0 fully saturated rings. The first-order valence-corrected chi connectivity index (χ1v) is 12.9. The Labute approximate surface area is 233 Å². The predicted octanol–water partition coefficient (Wildman–Crippen LogP) is 6.85. The molecule has 4 aromatic rings. The molecule has 0 spiro atoms. The second-order valence-corrected chi connectivity index (χ2v) is 9.02. The zero-order chi connectivity index (χ0) is 28.2. The summed E-state index contributed by atoms with van der Waals surface area (Å²) < 4.78 is 16.8. The van der Waals surface area contributed by atoms with Gasteiger partial charge in [-0.3, -0.25) is 4.79 Å². The summed E-state index contributed by atoms with van der Waals surface area (Å²) in [6.45, 7) is 0.271. The van der Waals surface area contributed by atoms with Crippen LogP contribution in [0, 0.1) is 0 Å². The van der Waals surface area contributed by atoms with E-state index in [2.05, 4.69) is 0 Å². The summed E-state index contributed by atoms with van der Waals surface area (Å²) in [6, 6.07) is 33.1. The Morgan fingerprint density at radius 2 is 1.27 bits per heavy atom. The fraction of sp³-hybridized carbons (Fsp3) is 0.152. The predicted molar refractivity (Wildman–Crippen MR) is 152 cm³/mol. The number of carbonyl (C=O) groups excluding carboxylic acids is 1. The minimum absolute atomic E-state index is 0.271. The lowest BCUT2D eigenvalue weighted by Gasteiger charge is -2.28. The van der Waals surface area contributed by atoms with Crippen LogP contribution in [-0.4, -0.2) is 35.1 Å². The van der Waals surface area contributed by atoms with Crippen LogP contribution in [-0.2, 0) is 27.3 Å². The molecular formula is C33H31NO6. The van der Waals surface area contributed by atoms with Crippen molar-refractivity contribution in [1.82, 2.24) is 4.90 Å². The Hall–Kier alpha value is -5.04. The van der Waals surface area contributed by atoms with E-state index < -0.39 is 24.4 Å². The van der Waals surface area contributed by atoms with E-state index in [4.69, 9.17) is 14.2 Å². The molecule has 4 aromatic carbocycles. The summed E-state index contributed by atoms with van der Waals surface area (Å²) in [6.07, 6.45) is 3.78. The molecule has 7 nitrogen and oxygen atoms in total. The van der Waals surface area contributed by atoms with E-state index in [1.165, 1.54) is 7.11 Å². The lowest BCUT2D eigenvalue weighted by atomic mass is 10.1. The molecule has 40 heavy (non-hydrogen) atoms. The maximum atomic E-state index is 12.6. The molecule has 0 aliphatic rings. The van der Waals surface area contributed by atoms with E-state index in [1.807, 2.05) is 115 Å².